The first-order valence-corrected chi connectivity index (χ1v) is 28.6. The van der Waals surface area contributed by atoms with Crippen LogP contribution < -0.4 is 0 Å². The molecule has 0 radical (unpaired) electrons. The Labute approximate surface area is 358 Å². The summed E-state index contributed by atoms with van der Waals surface area (Å²) < 4.78 is 3.03. The molecule has 4 unspecified atom stereocenters. The summed E-state index contributed by atoms with van der Waals surface area (Å²) in [5, 5.41) is 0. The number of hydrogen-bond donors (Lipinski definition) is 0. The monoisotopic (exact) mass is 800 g/mol. The summed E-state index contributed by atoms with van der Waals surface area (Å²) in [5.41, 5.74) is 8.00. The van der Waals surface area contributed by atoms with Gasteiger partial charge in [-0.15, -0.1) is 0 Å². The Kier molecular flexibility index (Phi) is 19.8. The van der Waals surface area contributed by atoms with Crippen LogP contribution in [0.5, 0.6) is 0 Å². The van der Waals surface area contributed by atoms with Crippen molar-refractivity contribution < 1.29 is 0 Å². The average molecular weight is 800 g/mol. The van der Waals surface area contributed by atoms with Crippen molar-refractivity contribution in [2.24, 2.45) is 17.8 Å². The van der Waals surface area contributed by atoms with E-state index < -0.39 is 8.24 Å². The van der Waals surface area contributed by atoms with Crippen molar-refractivity contribution >= 4 is 13.8 Å². The molecule has 0 amide bonds. The molecule has 0 spiro atoms. The van der Waals surface area contributed by atoms with Crippen molar-refractivity contribution in [2.75, 3.05) is 0 Å². The average Bonchev–Trinajstić information content (AvgIpc) is 3.61. The molecule has 3 aliphatic carbocycles. The minimum Gasteiger partial charge on any atom is -0.314 e. The predicted octanol–water partition coefficient (Wildman–Crippen LogP) is 18.2. The lowest BCUT2D eigenvalue weighted by atomic mass is 9.68. The number of hydrogen-bond acceptors (Lipinski definition) is 1. The molecule has 4 atom stereocenters. The summed E-state index contributed by atoms with van der Waals surface area (Å²) in [6, 6.07) is 9.81. The highest BCUT2D eigenvalue weighted by Crippen LogP contribution is 2.63. The molecule has 0 aromatic heterocycles. The SMILES string of the molecule is CCCCCCCCCCCCCCC1(CCCCCCCCCCCCCC)C2=CC3C(C=C2c2ccccc21)CC(C)C3[Si](C)(C)N(C(C)(C)C)C(C)(C)C. The number of rotatable bonds is 28. The van der Waals surface area contributed by atoms with Crippen LogP contribution >= 0.6 is 0 Å². The van der Waals surface area contributed by atoms with Gasteiger partial charge in [-0.05, 0) is 106 Å². The fraction of sp³-hybridized carbons (Fsp3) is 0.818. The Hall–Kier alpha value is -1.12. The molecule has 1 aromatic rings. The lowest BCUT2D eigenvalue weighted by Gasteiger charge is -2.57. The minimum absolute atomic E-state index is 0.158. The summed E-state index contributed by atoms with van der Waals surface area (Å²) in [7, 11) is -1.87. The second-order valence-electron chi connectivity index (χ2n) is 22.4. The van der Waals surface area contributed by atoms with Crippen LogP contribution in [0.1, 0.15) is 247 Å². The number of allylic oxidation sites excluding steroid dienone is 4. The van der Waals surface area contributed by atoms with Crippen molar-refractivity contribution in [3.63, 3.8) is 0 Å². The van der Waals surface area contributed by atoms with E-state index in [1.807, 2.05) is 0 Å². The molecule has 0 bridgehead atoms. The zero-order valence-corrected chi connectivity index (χ0v) is 41.3. The van der Waals surface area contributed by atoms with Gasteiger partial charge in [-0.1, -0.05) is 224 Å². The molecule has 3 aliphatic rings. The van der Waals surface area contributed by atoms with E-state index in [0.717, 1.165) is 11.5 Å². The van der Waals surface area contributed by atoms with Gasteiger partial charge < -0.3 is 4.57 Å². The Balaban J connectivity index is 1.51. The molecule has 1 aromatic carbocycles. The highest BCUT2D eigenvalue weighted by atomic mass is 28.3. The van der Waals surface area contributed by atoms with Gasteiger partial charge in [0.25, 0.3) is 0 Å². The highest BCUT2D eigenvalue weighted by molar-refractivity contribution is 6.76. The third-order valence-corrected chi connectivity index (χ3v) is 20.2. The van der Waals surface area contributed by atoms with Crippen molar-refractivity contribution in [2.45, 2.75) is 271 Å². The quantitative estimate of drug-likeness (QED) is 0.0603. The van der Waals surface area contributed by atoms with Gasteiger partial charge in [-0.3, -0.25) is 0 Å². The van der Waals surface area contributed by atoms with Gasteiger partial charge in [-0.2, -0.15) is 0 Å². The third kappa shape index (κ3) is 13.2. The van der Waals surface area contributed by atoms with E-state index in [2.05, 4.69) is 116 Å². The number of nitrogens with zero attached hydrogens (tertiary/aromatic N) is 1. The summed E-state index contributed by atoms with van der Waals surface area (Å²) in [6.07, 6.45) is 44.1. The zero-order chi connectivity index (χ0) is 41.5. The van der Waals surface area contributed by atoms with E-state index >= 15 is 0 Å². The van der Waals surface area contributed by atoms with E-state index in [1.54, 1.807) is 22.3 Å². The van der Waals surface area contributed by atoms with Crippen LogP contribution in [0.2, 0.25) is 18.6 Å². The van der Waals surface area contributed by atoms with E-state index in [0.29, 0.717) is 11.8 Å². The Morgan fingerprint density at radius 1 is 0.579 bits per heavy atom. The van der Waals surface area contributed by atoms with Crippen molar-refractivity contribution in [3.8, 4) is 0 Å². The van der Waals surface area contributed by atoms with Crippen LogP contribution in [-0.4, -0.2) is 23.9 Å². The third-order valence-electron chi connectivity index (χ3n) is 15.1. The number of unbranched alkanes of at least 4 members (excludes halogenated alkanes) is 22. The molecule has 57 heavy (non-hydrogen) atoms. The Bertz CT molecular complexity index is 1310. The fourth-order valence-electron chi connectivity index (χ4n) is 13.6. The maximum absolute atomic E-state index is 3.03. The minimum atomic E-state index is -1.87. The molecule has 0 saturated heterocycles. The smallest absolute Gasteiger partial charge is 0.127 e. The van der Waals surface area contributed by atoms with Crippen molar-refractivity contribution in [1.82, 2.24) is 4.57 Å². The summed E-state index contributed by atoms with van der Waals surface area (Å²) in [5.74, 6) is 2.11. The second kappa shape index (κ2) is 23.2. The van der Waals surface area contributed by atoms with Gasteiger partial charge in [-0.25, -0.2) is 0 Å². The van der Waals surface area contributed by atoms with Crippen LogP contribution in [-0.2, 0) is 5.41 Å². The van der Waals surface area contributed by atoms with Crippen LogP contribution in [0.3, 0.4) is 0 Å². The number of fused-ring (bicyclic) bond motifs is 4. The molecule has 2 heteroatoms. The maximum Gasteiger partial charge on any atom is 0.127 e. The lowest BCUT2D eigenvalue weighted by molar-refractivity contribution is 0.121. The van der Waals surface area contributed by atoms with Gasteiger partial charge in [0.2, 0.25) is 0 Å². The molecule has 1 nitrogen and oxygen atoms in total. The van der Waals surface area contributed by atoms with Crippen LogP contribution in [0.15, 0.2) is 42.0 Å². The fourth-order valence-corrected chi connectivity index (χ4v) is 20.1. The molecule has 1 saturated carbocycles. The van der Waals surface area contributed by atoms with Crippen LogP contribution in [0.4, 0.5) is 0 Å². The van der Waals surface area contributed by atoms with E-state index in [4.69, 9.17) is 0 Å². The van der Waals surface area contributed by atoms with Gasteiger partial charge in [0.1, 0.15) is 8.24 Å². The van der Waals surface area contributed by atoms with Crippen molar-refractivity contribution in [1.29, 1.82) is 0 Å². The Morgan fingerprint density at radius 2 is 0.982 bits per heavy atom. The first-order valence-electron chi connectivity index (χ1n) is 25.5. The van der Waals surface area contributed by atoms with Gasteiger partial charge >= 0.3 is 0 Å². The van der Waals surface area contributed by atoms with Gasteiger partial charge in [0, 0.05) is 16.5 Å². The van der Waals surface area contributed by atoms with Gasteiger partial charge in [0.05, 0.1) is 0 Å². The number of benzene rings is 1. The highest BCUT2D eigenvalue weighted by Gasteiger charge is 2.57. The largest absolute Gasteiger partial charge is 0.314 e. The summed E-state index contributed by atoms with van der Waals surface area (Å²) in [6.45, 7) is 27.7. The summed E-state index contributed by atoms with van der Waals surface area (Å²) in [4.78, 5) is 0. The van der Waals surface area contributed by atoms with Gasteiger partial charge in [0.15, 0.2) is 0 Å². The Morgan fingerprint density at radius 3 is 1.40 bits per heavy atom. The molecule has 326 valence electrons. The normalized spacial score (nSPS) is 21.8. The molecule has 4 rings (SSSR count). The lowest BCUT2D eigenvalue weighted by Crippen LogP contribution is -2.67. The molecule has 0 N–H and O–H groups in total. The van der Waals surface area contributed by atoms with Crippen LogP contribution in [0, 0.1) is 17.8 Å². The molecular formula is C55H97NSi. The van der Waals surface area contributed by atoms with E-state index in [9.17, 15) is 0 Å². The molecule has 1 fully saturated rings. The molecule has 0 aliphatic heterocycles. The van der Waals surface area contributed by atoms with E-state index in [1.165, 1.54) is 173 Å². The summed E-state index contributed by atoms with van der Waals surface area (Å²) >= 11 is 0. The second-order valence-corrected chi connectivity index (χ2v) is 26.8. The predicted molar refractivity (Wildman–Crippen MR) is 259 cm³/mol. The van der Waals surface area contributed by atoms with Crippen molar-refractivity contribution in [3.05, 3.63) is 53.1 Å². The zero-order valence-electron chi connectivity index (χ0n) is 40.3. The van der Waals surface area contributed by atoms with Crippen LogP contribution in [0.25, 0.3) is 5.57 Å². The first-order chi connectivity index (χ1) is 27.2. The molecule has 0 heterocycles. The first kappa shape index (κ1) is 48.5. The van der Waals surface area contributed by atoms with E-state index in [-0.39, 0.29) is 16.5 Å². The maximum atomic E-state index is 3.03. The topological polar surface area (TPSA) is 3.24 Å². The standard InChI is InChI=1S/C55H97NSi/c1-12-14-16-18-20-22-24-26-28-30-32-36-40-55(41-37-33-31-29-27-25-23-21-19-17-15-13-2)50-39-35-34-38-47(50)49-43-46-42-45(3)52(48(46)44-51(49)55)57(10,11)56(53(4,5)6)54(7,8)9/h34-35,38-39,43-46,48,52H,12-33,36-37,40-42H2,1-11H3. The molecular weight excluding hydrogens is 703 g/mol.